The fraction of sp³-hybridized carbons (Fsp3) is 0.655. The maximum Gasteiger partial charge on any atom is -0.00947 e. The van der Waals surface area contributed by atoms with Crippen LogP contribution >= 0.6 is 15.8 Å². The van der Waals surface area contributed by atoms with Gasteiger partial charge in [-0.15, -0.1) is 0 Å². The van der Waals surface area contributed by atoms with E-state index in [1.165, 1.54) is 23.5 Å². The minimum absolute atomic E-state index is 0.141. The molecule has 0 saturated carbocycles. The topological polar surface area (TPSA) is 0 Å². The molecule has 0 heterocycles. The van der Waals surface area contributed by atoms with E-state index >= 15 is 0 Å². The lowest BCUT2D eigenvalue weighted by Crippen LogP contribution is -2.28. The van der Waals surface area contributed by atoms with E-state index in [4.69, 9.17) is 0 Å². The van der Waals surface area contributed by atoms with Gasteiger partial charge in [-0.3, -0.25) is 0 Å². The zero-order valence-electron chi connectivity index (χ0n) is 22.5. The number of hydrogen-bond acceptors (Lipinski definition) is 0. The fourth-order valence-electron chi connectivity index (χ4n) is 5.18. The van der Waals surface area contributed by atoms with Crippen molar-refractivity contribution in [1.82, 2.24) is 0 Å². The maximum atomic E-state index is 2.53. The lowest BCUT2D eigenvalue weighted by molar-refractivity contribution is 0.704. The van der Waals surface area contributed by atoms with Gasteiger partial charge in [-0.25, -0.2) is 0 Å². The molecule has 1 aromatic carbocycles. The summed E-state index contributed by atoms with van der Waals surface area (Å²) in [6.45, 7) is 29.4. The molecule has 0 N–H and O–H groups in total. The van der Waals surface area contributed by atoms with E-state index in [2.05, 4.69) is 120 Å². The quantitative estimate of drug-likeness (QED) is 0.394. The molecular weight excluding hydrogens is 410 g/mol. The summed E-state index contributed by atoms with van der Waals surface area (Å²) < 4.78 is 0. The lowest BCUT2D eigenvalue weighted by atomic mass is 10.1. The van der Waals surface area contributed by atoms with Crippen LogP contribution in [0, 0.1) is 0 Å². The Bertz CT molecular complexity index is 717. The fourth-order valence-corrected chi connectivity index (χ4v) is 12.3. The molecule has 1 aliphatic carbocycles. The van der Waals surface area contributed by atoms with Gasteiger partial charge < -0.3 is 0 Å². The second-order valence-electron chi connectivity index (χ2n) is 13.3. The summed E-state index contributed by atoms with van der Waals surface area (Å²) in [5, 5.41) is 1.42. The van der Waals surface area contributed by atoms with Gasteiger partial charge >= 0.3 is 0 Å². The van der Waals surface area contributed by atoms with Gasteiger partial charge in [0.05, 0.1) is 0 Å². The molecule has 1 aliphatic rings. The van der Waals surface area contributed by atoms with Crippen molar-refractivity contribution in [2.45, 2.75) is 110 Å². The van der Waals surface area contributed by atoms with Crippen molar-refractivity contribution in [3.63, 3.8) is 0 Å². The number of benzene rings is 1. The largest absolute Gasteiger partial charge is 0.0915 e. The van der Waals surface area contributed by atoms with Gasteiger partial charge in [-0.2, -0.15) is 0 Å². The highest BCUT2D eigenvalue weighted by Gasteiger charge is 2.37. The summed E-state index contributed by atoms with van der Waals surface area (Å²) in [5.74, 6) is 0. The van der Waals surface area contributed by atoms with Crippen LogP contribution in [0.1, 0.15) is 101 Å². The zero-order chi connectivity index (χ0) is 23.8. The predicted octanol–water partition coefficient (Wildman–Crippen LogP) is 10.0. The molecule has 0 unspecified atom stereocenters. The first-order valence-corrected chi connectivity index (χ1v) is 15.0. The van der Waals surface area contributed by atoms with Gasteiger partial charge in [0.2, 0.25) is 0 Å². The molecule has 0 amide bonds. The van der Waals surface area contributed by atoms with Crippen LogP contribution in [-0.4, -0.2) is 32.9 Å². The molecule has 31 heavy (non-hydrogen) atoms. The molecule has 2 heteroatoms. The molecule has 0 spiro atoms. The minimum Gasteiger partial charge on any atom is -0.0915 e. The molecule has 0 bridgehead atoms. The van der Waals surface area contributed by atoms with Gasteiger partial charge in [-0.1, -0.05) is 146 Å². The molecule has 0 saturated heterocycles. The highest BCUT2D eigenvalue weighted by Crippen LogP contribution is 2.62. The number of hydrogen-bond donors (Lipinski definition) is 0. The van der Waals surface area contributed by atoms with E-state index in [0.717, 1.165) is 6.42 Å². The van der Waals surface area contributed by atoms with Crippen molar-refractivity contribution in [2.75, 3.05) is 12.3 Å². The van der Waals surface area contributed by atoms with E-state index in [1.807, 2.05) is 0 Å². The first kappa shape index (κ1) is 26.8. The van der Waals surface area contributed by atoms with Crippen molar-refractivity contribution in [3.05, 3.63) is 46.5 Å². The van der Waals surface area contributed by atoms with E-state index < -0.39 is 0 Å². The van der Waals surface area contributed by atoms with Crippen LogP contribution in [0.5, 0.6) is 0 Å². The van der Waals surface area contributed by atoms with Crippen LogP contribution in [0.4, 0.5) is 0 Å². The van der Waals surface area contributed by atoms with E-state index in [9.17, 15) is 0 Å². The van der Waals surface area contributed by atoms with Crippen LogP contribution in [0.25, 0.3) is 12.2 Å². The normalized spacial score (nSPS) is 16.2. The molecule has 2 rings (SSSR count). The molecule has 174 valence electrons. The molecule has 1 aromatic rings. The average Bonchev–Trinajstić information content (AvgIpc) is 2.72. The summed E-state index contributed by atoms with van der Waals surface area (Å²) in [7, 11) is -0.283. The highest BCUT2D eigenvalue weighted by molar-refractivity contribution is 7.61. The Morgan fingerprint density at radius 3 is 1.10 bits per heavy atom. The van der Waals surface area contributed by atoms with Crippen molar-refractivity contribution in [3.8, 4) is 0 Å². The second kappa shape index (κ2) is 9.43. The third-order valence-electron chi connectivity index (χ3n) is 6.13. The van der Waals surface area contributed by atoms with Crippen molar-refractivity contribution >= 4 is 28.0 Å². The average molecular weight is 459 g/mol. The van der Waals surface area contributed by atoms with E-state index in [0.29, 0.717) is 20.6 Å². The van der Waals surface area contributed by atoms with Crippen molar-refractivity contribution in [1.29, 1.82) is 0 Å². The Labute approximate surface area is 196 Å². The van der Waals surface area contributed by atoms with E-state index in [-0.39, 0.29) is 15.8 Å². The summed E-state index contributed by atoms with van der Waals surface area (Å²) in [6, 6.07) is 9.00. The SMILES string of the molecule is CC(C)(C)P(CC1=Cc2ccccc2C=C(CP(C(C)(C)C)C(C)(C)C)C1)C(C)(C)C. The highest BCUT2D eigenvalue weighted by atomic mass is 31.1. The Balaban J connectivity index is 2.48. The number of allylic oxidation sites excluding steroid dienone is 2. The van der Waals surface area contributed by atoms with Gasteiger partial charge in [0, 0.05) is 0 Å². The first-order chi connectivity index (χ1) is 13.9. The predicted molar refractivity (Wildman–Crippen MR) is 150 cm³/mol. The van der Waals surface area contributed by atoms with Gasteiger partial charge in [0.1, 0.15) is 0 Å². The Hall–Kier alpha value is -0.440. The first-order valence-electron chi connectivity index (χ1n) is 11.9. The third-order valence-corrected chi connectivity index (χ3v) is 14.1. The van der Waals surface area contributed by atoms with Gasteiger partial charge in [-0.05, 0) is 50.5 Å². The van der Waals surface area contributed by atoms with Crippen LogP contribution in [0.15, 0.2) is 35.4 Å². The minimum atomic E-state index is -0.141. The summed E-state index contributed by atoms with van der Waals surface area (Å²) in [6.07, 6.45) is 8.70. The summed E-state index contributed by atoms with van der Waals surface area (Å²) in [5.41, 5.74) is 6.09. The molecule has 0 fully saturated rings. The molecule has 0 nitrogen and oxygen atoms in total. The van der Waals surface area contributed by atoms with Gasteiger partial charge in [0.25, 0.3) is 0 Å². The molecule has 0 radical (unpaired) electrons. The van der Waals surface area contributed by atoms with E-state index in [1.54, 1.807) is 11.1 Å². The lowest BCUT2D eigenvalue weighted by Gasteiger charge is -2.43. The summed E-state index contributed by atoms with van der Waals surface area (Å²) in [4.78, 5) is 0. The second-order valence-corrected chi connectivity index (χ2v) is 21.0. The standard InChI is InChI=1S/C29H48P2/c1-26(2,3)30(27(4,5)6)20-22-17-23(19-25-16-14-13-15-24(25)18-22)21-31(28(7,8)9)29(10,11)12/h13-16,18-19H,17,20-21H2,1-12H3. The Morgan fingerprint density at radius 2 is 0.839 bits per heavy atom. The Morgan fingerprint density at radius 1 is 0.548 bits per heavy atom. The van der Waals surface area contributed by atoms with Crippen LogP contribution in [0.2, 0.25) is 0 Å². The zero-order valence-corrected chi connectivity index (χ0v) is 24.3. The maximum absolute atomic E-state index is 2.53. The Kier molecular flexibility index (Phi) is 8.16. The van der Waals surface area contributed by atoms with Crippen LogP contribution in [0.3, 0.4) is 0 Å². The van der Waals surface area contributed by atoms with Crippen LogP contribution in [-0.2, 0) is 0 Å². The van der Waals surface area contributed by atoms with Crippen molar-refractivity contribution in [2.24, 2.45) is 0 Å². The number of fused-ring (bicyclic) bond motifs is 1. The molecule has 0 aliphatic heterocycles. The number of rotatable bonds is 4. The van der Waals surface area contributed by atoms with Crippen molar-refractivity contribution < 1.29 is 0 Å². The van der Waals surface area contributed by atoms with Gasteiger partial charge in [0.15, 0.2) is 0 Å². The molecule has 0 atom stereocenters. The summed E-state index contributed by atoms with van der Waals surface area (Å²) >= 11 is 0. The monoisotopic (exact) mass is 458 g/mol. The molecular formula is C29H48P2. The smallest absolute Gasteiger partial charge is 0.00947 e. The third kappa shape index (κ3) is 7.54. The molecule has 0 aromatic heterocycles. The van der Waals surface area contributed by atoms with Crippen LogP contribution < -0.4 is 0 Å².